The van der Waals surface area contributed by atoms with Crippen LogP contribution in [-0.2, 0) is 9.53 Å². The minimum Gasteiger partial charge on any atom is -0.465 e. The van der Waals surface area contributed by atoms with E-state index in [0.717, 1.165) is 6.42 Å². The molecule has 0 aromatic carbocycles. The van der Waals surface area contributed by atoms with Crippen molar-refractivity contribution in [3.63, 3.8) is 0 Å². The van der Waals surface area contributed by atoms with Crippen LogP contribution in [0.4, 0.5) is 11.5 Å². The molecule has 0 atom stereocenters. The van der Waals surface area contributed by atoms with Gasteiger partial charge in [-0.25, -0.2) is 9.78 Å². The van der Waals surface area contributed by atoms with Crippen LogP contribution in [0.15, 0.2) is 12.3 Å². The van der Waals surface area contributed by atoms with E-state index in [0.29, 0.717) is 18.9 Å². The molecule has 2 rings (SSSR count). The van der Waals surface area contributed by atoms with Crippen molar-refractivity contribution in [2.24, 2.45) is 0 Å². The Balaban J connectivity index is 2.32. The van der Waals surface area contributed by atoms with Crippen molar-refractivity contribution >= 4 is 23.4 Å². The fraction of sp³-hybridized carbons (Fsp3) is 0.462. The average molecular weight is 278 g/mol. The van der Waals surface area contributed by atoms with Crippen molar-refractivity contribution in [2.75, 3.05) is 44.4 Å². The molecule has 0 bridgehead atoms. The monoisotopic (exact) mass is 278 g/mol. The molecular formula is C13H18N4O3. The van der Waals surface area contributed by atoms with Crippen LogP contribution in [0.25, 0.3) is 0 Å². The first-order chi connectivity index (χ1) is 9.54. The summed E-state index contributed by atoms with van der Waals surface area (Å²) in [6.07, 6.45) is 2.32. The number of esters is 1. The Morgan fingerprint density at radius 2 is 2.20 bits per heavy atom. The Kier molecular flexibility index (Phi) is 4.07. The van der Waals surface area contributed by atoms with Gasteiger partial charge in [0.15, 0.2) is 5.82 Å². The minimum atomic E-state index is -0.510. The first-order valence-electron chi connectivity index (χ1n) is 6.36. The van der Waals surface area contributed by atoms with Crippen LogP contribution >= 0.6 is 0 Å². The smallest absolute Gasteiger partial charge is 0.340 e. The number of aromatic nitrogens is 1. The molecule has 0 unspecified atom stereocenters. The molecule has 108 valence electrons. The first kappa shape index (κ1) is 14.1. The number of carbonyl (C=O) groups is 2. The summed E-state index contributed by atoms with van der Waals surface area (Å²) in [7, 11) is 3.07. The molecule has 0 spiro atoms. The van der Waals surface area contributed by atoms with Crippen molar-refractivity contribution < 1.29 is 14.3 Å². The number of nitrogen functional groups attached to an aromatic ring is 1. The van der Waals surface area contributed by atoms with Gasteiger partial charge in [-0.15, -0.1) is 0 Å². The number of rotatable bonds is 2. The summed E-state index contributed by atoms with van der Waals surface area (Å²) in [6, 6.07) is 1.51. The van der Waals surface area contributed by atoms with Crippen LogP contribution in [0.3, 0.4) is 0 Å². The molecular weight excluding hydrogens is 260 g/mol. The van der Waals surface area contributed by atoms with Gasteiger partial charge in [-0.05, 0) is 12.5 Å². The number of methoxy groups -OCH3 is 1. The van der Waals surface area contributed by atoms with Gasteiger partial charge in [-0.3, -0.25) is 4.79 Å². The maximum atomic E-state index is 11.9. The molecule has 7 nitrogen and oxygen atoms in total. The van der Waals surface area contributed by atoms with E-state index >= 15 is 0 Å². The third-order valence-electron chi connectivity index (χ3n) is 3.35. The predicted octanol–water partition coefficient (Wildman–Crippen LogP) is 0.119. The van der Waals surface area contributed by atoms with Crippen molar-refractivity contribution in [3.8, 4) is 0 Å². The second kappa shape index (κ2) is 5.77. The van der Waals surface area contributed by atoms with Crippen molar-refractivity contribution in [2.45, 2.75) is 6.42 Å². The van der Waals surface area contributed by atoms with Gasteiger partial charge >= 0.3 is 5.97 Å². The van der Waals surface area contributed by atoms with Crippen molar-refractivity contribution in [1.82, 2.24) is 9.88 Å². The molecule has 1 aliphatic heterocycles. The Morgan fingerprint density at radius 3 is 2.90 bits per heavy atom. The Hall–Kier alpha value is -2.31. The number of ether oxygens (including phenoxy) is 1. The summed E-state index contributed by atoms with van der Waals surface area (Å²) in [5, 5.41) is 0. The van der Waals surface area contributed by atoms with E-state index in [1.807, 2.05) is 0 Å². The molecule has 1 aliphatic rings. The summed E-state index contributed by atoms with van der Waals surface area (Å²) in [5.41, 5.74) is 6.51. The number of amides is 1. The average Bonchev–Trinajstić information content (AvgIpc) is 2.60. The fourth-order valence-corrected chi connectivity index (χ4v) is 2.17. The lowest BCUT2D eigenvalue weighted by Gasteiger charge is -2.22. The van der Waals surface area contributed by atoms with E-state index in [-0.39, 0.29) is 23.7 Å². The number of likely N-dealkylation sites (N-methyl/N-ethyl adjacent to an activating group) is 1. The van der Waals surface area contributed by atoms with Gasteiger partial charge in [-0.1, -0.05) is 0 Å². The Labute approximate surface area is 117 Å². The summed E-state index contributed by atoms with van der Waals surface area (Å²) < 4.78 is 4.68. The SMILES string of the molecule is COC(=O)c1ccnc(N2CCCN(C)C(=O)C2)c1N. The summed E-state index contributed by atoms with van der Waals surface area (Å²) in [4.78, 5) is 31.2. The lowest BCUT2D eigenvalue weighted by Crippen LogP contribution is -2.35. The first-order valence-corrected chi connectivity index (χ1v) is 6.36. The van der Waals surface area contributed by atoms with Gasteiger partial charge in [0.2, 0.25) is 5.91 Å². The van der Waals surface area contributed by atoms with Gasteiger partial charge in [-0.2, -0.15) is 0 Å². The van der Waals surface area contributed by atoms with Crippen molar-refractivity contribution in [1.29, 1.82) is 0 Å². The van der Waals surface area contributed by atoms with Crippen LogP contribution in [0.2, 0.25) is 0 Å². The lowest BCUT2D eigenvalue weighted by atomic mass is 10.2. The molecule has 0 aliphatic carbocycles. The maximum Gasteiger partial charge on any atom is 0.340 e. The van der Waals surface area contributed by atoms with Crippen LogP contribution in [0.1, 0.15) is 16.8 Å². The zero-order valence-electron chi connectivity index (χ0n) is 11.6. The molecule has 7 heteroatoms. The Bertz CT molecular complexity index is 532. The van der Waals surface area contributed by atoms with Gasteiger partial charge in [0.25, 0.3) is 0 Å². The molecule has 0 radical (unpaired) electrons. The van der Waals surface area contributed by atoms with Crippen LogP contribution in [-0.4, -0.2) is 55.6 Å². The molecule has 1 fully saturated rings. The van der Waals surface area contributed by atoms with E-state index < -0.39 is 5.97 Å². The highest BCUT2D eigenvalue weighted by molar-refractivity contribution is 5.98. The van der Waals surface area contributed by atoms with E-state index in [2.05, 4.69) is 9.72 Å². The predicted molar refractivity (Wildman–Crippen MR) is 74.5 cm³/mol. The lowest BCUT2D eigenvalue weighted by molar-refractivity contribution is -0.127. The highest BCUT2D eigenvalue weighted by atomic mass is 16.5. The van der Waals surface area contributed by atoms with Crippen LogP contribution < -0.4 is 10.6 Å². The molecule has 1 saturated heterocycles. The highest BCUT2D eigenvalue weighted by Gasteiger charge is 2.23. The highest BCUT2D eigenvalue weighted by Crippen LogP contribution is 2.25. The standard InChI is InChI=1S/C13H18N4O3/c1-16-6-3-7-17(8-10(16)18)12-11(14)9(4-5-15-12)13(19)20-2/h4-5H,3,6-8,14H2,1-2H3. The van der Waals surface area contributed by atoms with E-state index in [4.69, 9.17) is 5.73 Å². The fourth-order valence-electron chi connectivity index (χ4n) is 2.17. The molecule has 20 heavy (non-hydrogen) atoms. The zero-order chi connectivity index (χ0) is 14.7. The number of hydrogen-bond donors (Lipinski definition) is 1. The molecule has 1 aromatic heterocycles. The van der Waals surface area contributed by atoms with E-state index in [9.17, 15) is 9.59 Å². The van der Waals surface area contributed by atoms with E-state index in [1.165, 1.54) is 19.4 Å². The Morgan fingerprint density at radius 1 is 1.45 bits per heavy atom. The normalized spacial score (nSPS) is 16.0. The molecule has 2 N–H and O–H groups in total. The topological polar surface area (TPSA) is 88.8 Å². The maximum absolute atomic E-state index is 11.9. The zero-order valence-corrected chi connectivity index (χ0v) is 11.6. The number of pyridine rings is 1. The second-order valence-corrected chi connectivity index (χ2v) is 4.68. The number of hydrogen-bond acceptors (Lipinski definition) is 6. The second-order valence-electron chi connectivity index (χ2n) is 4.68. The quantitative estimate of drug-likeness (QED) is 0.773. The summed E-state index contributed by atoms with van der Waals surface area (Å²) >= 11 is 0. The van der Waals surface area contributed by atoms with Gasteiger partial charge in [0, 0.05) is 26.3 Å². The third-order valence-corrected chi connectivity index (χ3v) is 3.35. The number of anilines is 2. The number of nitrogens with two attached hydrogens (primary N) is 1. The van der Waals surface area contributed by atoms with Crippen LogP contribution in [0.5, 0.6) is 0 Å². The third kappa shape index (κ3) is 2.66. The molecule has 0 saturated carbocycles. The van der Waals surface area contributed by atoms with Crippen LogP contribution in [0, 0.1) is 0 Å². The molecule has 1 aromatic rings. The minimum absolute atomic E-state index is 0.00664. The van der Waals surface area contributed by atoms with Gasteiger partial charge in [0.05, 0.1) is 24.9 Å². The van der Waals surface area contributed by atoms with Crippen molar-refractivity contribution in [3.05, 3.63) is 17.8 Å². The summed E-state index contributed by atoms with van der Waals surface area (Å²) in [5.74, 6) is -0.0480. The largest absolute Gasteiger partial charge is 0.465 e. The van der Waals surface area contributed by atoms with Gasteiger partial charge < -0.3 is 20.3 Å². The number of carbonyl (C=O) groups excluding carboxylic acids is 2. The van der Waals surface area contributed by atoms with E-state index in [1.54, 1.807) is 16.8 Å². The molecule has 1 amide bonds. The summed E-state index contributed by atoms with van der Waals surface area (Å²) in [6.45, 7) is 1.57. The number of nitrogens with zero attached hydrogens (tertiary/aromatic N) is 3. The van der Waals surface area contributed by atoms with Gasteiger partial charge in [0.1, 0.15) is 0 Å². The molecule has 2 heterocycles.